The first-order valence-electron chi connectivity index (χ1n) is 9.09. The van der Waals surface area contributed by atoms with E-state index >= 15 is 0 Å². The van der Waals surface area contributed by atoms with Crippen molar-refractivity contribution in [3.63, 3.8) is 0 Å². The number of aliphatic hydroxyl groups is 1. The lowest BCUT2D eigenvalue weighted by molar-refractivity contribution is -0.241. The van der Waals surface area contributed by atoms with Crippen molar-refractivity contribution in [1.29, 1.82) is 0 Å². The molecule has 1 aliphatic carbocycles. The monoisotopic (exact) mass is 331 g/mol. The van der Waals surface area contributed by atoms with Crippen molar-refractivity contribution in [1.82, 2.24) is 5.06 Å². The molecule has 2 heterocycles. The molecule has 0 amide bonds. The third-order valence-corrected chi connectivity index (χ3v) is 5.68. The molecule has 5 heteroatoms. The van der Waals surface area contributed by atoms with Crippen LogP contribution in [0.15, 0.2) is 30.3 Å². The average Bonchev–Trinajstić information content (AvgIpc) is 3.09. The maximum Gasteiger partial charge on any atom is 0.325 e. The zero-order valence-electron chi connectivity index (χ0n) is 13.8. The number of carbonyl (C=O) groups excluding carboxylic acids is 1. The minimum absolute atomic E-state index is 0.0996. The molecule has 1 aromatic rings. The van der Waals surface area contributed by atoms with E-state index in [4.69, 9.17) is 9.57 Å². The fourth-order valence-electron chi connectivity index (χ4n) is 4.32. The fraction of sp³-hybridized carbons (Fsp3) is 0.632. The second-order valence-corrected chi connectivity index (χ2v) is 7.20. The van der Waals surface area contributed by atoms with Gasteiger partial charge in [-0.05, 0) is 24.3 Å². The van der Waals surface area contributed by atoms with E-state index in [9.17, 15) is 9.90 Å². The molecule has 5 nitrogen and oxygen atoms in total. The van der Waals surface area contributed by atoms with Crippen LogP contribution in [0.3, 0.4) is 0 Å². The molecular weight excluding hydrogens is 306 g/mol. The Morgan fingerprint density at radius 1 is 1.08 bits per heavy atom. The Kier molecular flexibility index (Phi) is 4.57. The molecule has 3 aliphatic rings. The second-order valence-electron chi connectivity index (χ2n) is 7.20. The van der Waals surface area contributed by atoms with Crippen molar-refractivity contribution >= 4 is 5.97 Å². The van der Waals surface area contributed by atoms with E-state index in [0.29, 0.717) is 13.0 Å². The highest BCUT2D eigenvalue weighted by Crippen LogP contribution is 2.39. The second kappa shape index (κ2) is 6.82. The number of benzene rings is 1. The first-order valence-corrected chi connectivity index (χ1v) is 9.09. The molecule has 0 bridgehead atoms. The van der Waals surface area contributed by atoms with E-state index in [1.165, 1.54) is 19.3 Å². The van der Waals surface area contributed by atoms with E-state index in [-0.39, 0.29) is 24.0 Å². The van der Waals surface area contributed by atoms with Crippen LogP contribution in [0.4, 0.5) is 0 Å². The predicted molar refractivity (Wildman–Crippen MR) is 87.8 cm³/mol. The number of morpholine rings is 1. The topological polar surface area (TPSA) is 59.0 Å². The number of carbonyl (C=O) groups is 1. The molecule has 130 valence electrons. The van der Waals surface area contributed by atoms with Gasteiger partial charge in [-0.15, -0.1) is 0 Å². The standard InChI is InChI=1S/C19H25NO4/c21-18(14-9-5-2-6-10-14)17-11-15-19(22)23-12-16(20(15)24-17)13-7-3-1-4-8-13/h1,3-4,7-8,14-18,21H,2,5-6,9-12H2/t15-,16+,17-,18+/m1/s1. The molecule has 4 atom stereocenters. The lowest BCUT2D eigenvalue weighted by atomic mass is 9.82. The zero-order valence-corrected chi connectivity index (χ0v) is 13.8. The molecule has 1 aromatic carbocycles. The van der Waals surface area contributed by atoms with Crippen LogP contribution in [-0.2, 0) is 14.4 Å². The van der Waals surface area contributed by atoms with Crippen LogP contribution in [0.25, 0.3) is 0 Å². The molecule has 0 aromatic heterocycles. The molecule has 2 aliphatic heterocycles. The molecule has 0 radical (unpaired) electrons. The number of hydroxylamine groups is 2. The highest BCUT2D eigenvalue weighted by Gasteiger charge is 2.49. The summed E-state index contributed by atoms with van der Waals surface area (Å²) in [5.41, 5.74) is 1.07. The Bertz CT molecular complexity index is 572. The third-order valence-electron chi connectivity index (χ3n) is 5.68. The molecule has 0 spiro atoms. The van der Waals surface area contributed by atoms with E-state index < -0.39 is 12.1 Å². The minimum Gasteiger partial charge on any atom is -0.462 e. The number of nitrogens with zero attached hydrogens (tertiary/aromatic N) is 1. The van der Waals surface area contributed by atoms with Crippen LogP contribution >= 0.6 is 0 Å². The lowest BCUT2D eigenvalue weighted by Gasteiger charge is -2.35. The number of aliphatic hydroxyl groups excluding tert-OH is 1. The van der Waals surface area contributed by atoms with E-state index in [2.05, 4.69) is 0 Å². The summed E-state index contributed by atoms with van der Waals surface area (Å²) in [5, 5.41) is 12.5. The van der Waals surface area contributed by atoms with Gasteiger partial charge < -0.3 is 9.84 Å². The molecule has 1 saturated carbocycles. The average molecular weight is 331 g/mol. The summed E-state index contributed by atoms with van der Waals surface area (Å²) in [5.74, 6) is 0.0526. The van der Waals surface area contributed by atoms with Gasteiger partial charge in [0.1, 0.15) is 18.8 Å². The summed E-state index contributed by atoms with van der Waals surface area (Å²) < 4.78 is 5.39. The van der Waals surface area contributed by atoms with Gasteiger partial charge in [0.2, 0.25) is 0 Å². The minimum atomic E-state index is -0.500. The quantitative estimate of drug-likeness (QED) is 0.863. The van der Waals surface area contributed by atoms with Crippen molar-refractivity contribution in [2.24, 2.45) is 5.92 Å². The van der Waals surface area contributed by atoms with E-state index in [1.54, 1.807) is 5.06 Å². The van der Waals surface area contributed by atoms with Crippen LogP contribution < -0.4 is 0 Å². The van der Waals surface area contributed by atoms with Gasteiger partial charge in [0.15, 0.2) is 0 Å². The normalized spacial score (nSPS) is 33.0. The van der Waals surface area contributed by atoms with Gasteiger partial charge in [0.05, 0.1) is 12.1 Å². The van der Waals surface area contributed by atoms with Gasteiger partial charge in [-0.2, -0.15) is 5.06 Å². The largest absolute Gasteiger partial charge is 0.462 e. The van der Waals surface area contributed by atoms with Gasteiger partial charge >= 0.3 is 5.97 Å². The number of hydrogen-bond acceptors (Lipinski definition) is 5. The summed E-state index contributed by atoms with van der Waals surface area (Å²) >= 11 is 0. The molecule has 4 rings (SSSR count). The number of rotatable bonds is 3. The Balaban J connectivity index is 1.51. The van der Waals surface area contributed by atoms with E-state index in [0.717, 1.165) is 18.4 Å². The number of hydrogen-bond donors (Lipinski definition) is 1. The molecule has 0 unspecified atom stereocenters. The van der Waals surface area contributed by atoms with Gasteiger partial charge in [0.25, 0.3) is 0 Å². The van der Waals surface area contributed by atoms with Gasteiger partial charge in [-0.1, -0.05) is 49.6 Å². The Morgan fingerprint density at radius 2 is 1.83 bits per heavy atom. The SMILES string of the molecule is O=C1OC[C@@H](c2ccccc2)N2O[C@@H]([C@@H](O)C3CCCCC3)C[C@H]12. The summed E-state index contributed by atoms with van der Waals surface area (Å²) in [4.78, 5) is 18.3. The first-order chi connectivity index (χ1) is 11.7. The summed E-state index contributed by atoms with van der Waals surface area (Å²) in [6, 6.07) is 9.46. The van der Waals surface area contributed by atoms with Crippen LogP contribution in [0.5, 0.6) is 0 Å². The van der Waals surface area contributed by atoms with Gasteiger partial charge in [-0.3, -0.25) is 9.63 Å². The highest BCUT2D eigenvalue weighted by atomic mass is 16.7. The highest BCUT2D eigenvalue weighted by molar-refractivity contribution is 5.76. The fourth-order valence-corrected chi connectivity index (χ4v) is 4.32. The Hall–Kier alpha value is -1.43. The number of ether oxygens (including phenoxy) is 1. The Labute approximate surface area is 142 Å². The predicted octanol–water partition coefficient (Wildman–Crippen LogP) is 2.60. The number of fused-ring (bicyclic) bond motifs is 1. The van der Waals surface area contributed by atoms with Crippen molar-refractivity contribution in [2.75, 3.05) is 6.61 Å². The van der Waals surface area contributed by atoms with Crippen molar-refractivity contribution in [3.8, 4) is 0 Å². The molecule has 24 heavy (non-hydrogen) atoms. The molecule has 1 N–H and O–H groups in total. The van der Waals surface area contributed by atoms with Crippen LogP contribution in [0.2, 0.25) is 0 Å². The zero-order chi connectivity index (χ0) is 16.5. The van der Waals surface area contributed by atoms with Crippen molar-refractivity contribution in [3.05, 3.63) is 35.9 Å². The van der Waals surface area contributed by atoms with Crippen LogP contribution in [0, 0.1) is 5.92 Å². The molecule has 3 fully saturated rings. The molecule has 2 saturated heterocycles. The number of esters is 1. The van der Waals surface area contributed by atoms with Gasteiger partial charge in [0, 0.05) is 6.42 Å². The number of cyclic esters (lactones) is 1. The van der Waals surface area contributed by atoms with Gasteiger partial charge in [-0.25, -0.2) is 0 Å². The third kappa shape index (κ3) is 2.96. The lowest BCUT2D eigenvalue weighted by Crippen LogP contribution is -2.46. The van der Waals surface area contributed by atoms with Crippen LogP contribution in [0.1, 0.15) is 50.1 Å². The summed E-state index contributed by atoms with van der Waals surface area (Å²) in [7, 11) is 0. The molecular formula is C19H25NO4. The summed E-state index contributed by atoms with van der Waals surface area (Å²) in [6.07, 6.45) is 5.42. The summed E-state index contributed by atoms with van der Waals surface area (Å²) in [6.45, 7) is 0.297. The van der Waals surface area contributed by atoms with Crippen molar-refractivity contribution in [2.45, 2.75) is 62.8 Å². The smallest absolute Gasteiger partial charge is 0.325 e. The van der Waals surface area contributed by atoms with E-state index in [1.807, 2.05) is 30.3 Å². The Morgan fingerprint density at radius 3 is 2.58 bits per heavy atom. The van der Waals surface area contributed by atoms with Crippen LogP contribution in [-0.4, -0.2) is 41.0 Å². The first kappa shape index (κ1) is 16.1. The van der Waals surface area contributed by atoms with Crippen molar-refractivity contribution < 1.29 is 19.5 Å². The maximum absolute atomic E-state index is 12.2. The maximum atomic E-state index is 12.2.